The predicted molar refractivity (Wildman–Crippen MR) is 278 cm³/mol. The van der Waals surface area contributed by atoms with Crippen molar-refractivity contribution in [2.24, 2.45) is 0 Å². The lowest BCUT2D eigenvalue weighted by molar-refractivity contribution is -0.870. The van der Waals surface area contributed by atoms with Gasteiger partial charge in [0.25, 0.3) is 7.82 Å². The Morgan fingerprint density at radius 1 is 0.409 bits per heavy atom. The van der Waals surface area contributed by atoms with Crippen molar-refractivity contribution in [1.29, 1.82) is 0 Å². The molecule has 0 aromatic heterocycles. The third-order valence-electron chi connectivity index (χ3n) is 13.1. The molecule has 0 heterocycles. The molecule has 2 atom stereocenters. The van der Waals surface area contributed by atoms with E-state index in [1.165, 1.54) is 231 Å². The Hall–Kier alpha value is -0.990. The van der Waals surface area contributed by atoms with Crippen LogP contribution in [-0.4, -0.2) is 70.0 Å². The number of ether oxygens (including phenoxy) is 2. The zero-order chi connectivity index (χ0) is 48.5. The maximum absolute atomic E-state index is 12.8. The smallest absolute Gasteiger partial charge is 0.306 e. The molecular formula is C56H112NO8P. The molecule has 0 N–H and O–H groups in total. The molecule has 394 valence electrons. The average molecular weight is 958 g/mol. The van der Waals surface area contributed by atoms with Crippen LogP contribution in [0.5, 0.6) is 0 Å². The van der Waals surface area contributed by atoms with E-state index in [1.54, 1.807) is 0 Å². The fraction of sp³-hybridized carbons (Fsp3) is 0.964. The summed E-state index contributed by atoms with van der Waals surface area (Å²) in [6.45, 7) is 4.31. The first kappa shape index (κ1) is 65.0. The molecule has 66 heavy (non-hydrogen) atoms. The highest BCUT2D eigenvalue weighted by Gasteiger charge is 2.22. The van der Waals surface area contributed by atoms with Gasteiger partial charge in [0.2, 0.25) is 0 Å². The molecule has 0 aliphatic rings. The molecule has 0 saturated carbocycles. The van der Waals surface area contributed by atoms with E-state index in [1.807, 2.05) is 21.1 Å². The lowest BCUT2D eigenvalue weighted by atomic mass is 10.0. The summed E-state index contributed by atoms with van der Waals surface area (Å²) in [7, 11) is 1.19. The Morgan fingerprint density at radius 3 is 0.970 bits per heavy atom. The maximum Gasteiger partial charge on any atom is 0.306 e. The molecule has 0 rings (SSSR count). The molecule has 0 aromatic carbocycles. The molecule has 0 bridgehead atoms. The summed E-state index contributed by atoms with van der Waals surface area (Å²) in [6, 6.07) is 0. The average Bonchev–Trinajstić information content (AvgIpc) is 3.27. The van der Waals surface area contributed by atoms with E-state index in [2.05, 4.69) is 13.8 Å². The van der Waals surface area contributed by atoms with Crippen LogP contribution >= 0.6 is 7.82 Å². The number of rotatable bonds is 54. The molecule has 0 aliphatic carbocycles. The quantitative estimate of drug-likeness (QED) is 0.0256. The third kappa shape index (κ3) is 52.4. The number of esters is 2. The molecule has 0 fully saturated rings. The van der Waals surface area contributed by atoms with Crippen molar-refractivity contribution < 1.29 is 42.1 Å². The summed E-state index contributed by atoms with van der Waals surface area (Å²) >= 11 is 0. The number of unbranched alkanes of at least 4 members (excludes halogenated alkanes) is 40. The molecule has 0 spiro atoms. The number of quaternary nitrogens is 1. The molecule has 10 heteroatoms. The molecule has 1 unspecified atom stereocenters. The number of phosphoric acid groups is 1. The van der Waals surface area contributed by atoms with Crippen LogP contribution in [0.1, 0.15) is 296 Å². The monoisotopic (exact) mass is 958 g/mol. The van der Waals surface area contributed by atoms with E-state index in [4.69, 9.17) is 18.5 Å². The van der Waals surface area contributed by atoms with Crippen LogP contribution in [0.2, 0.25) is 0 Å². The third-order valence-corrected chi connectivity index (χ3v) is 14.1. The number of hydrogen-bond donors (Lipinski definition) is 0. The van der Waals surface area contributed by atoms with E-state index >= 15 is 0 Å². The molecule has 0 aromatic rings. The highest BCUT2D eigenvalue weighted by Crippen LogP contribution is 2.38. The van der Waals surface area contributed by atoms with Crippen molar-refractivity contribution in [2.45, 2.75) is 302 Å². The van der Waals surface area contributed by atoms with Gasteiger partial charge in [-0.05, 0) is 12.8 Å². The van der Waals surface area contributed by atoms with Gasteiger partial charge in [-0.2, -0.15) is 0 Å². The number of nitrogens with zero attached hydrogens (tertiary/aromatic N) is 1. The minimum absolute atomic E-state index is 0.0251. The van der Waals surface area contributed by atoms with Crippen LogP contribution < -0.4 is 4.89 Å². The molecule has 0 amide bonds. The summed E-state index contributed by atoms with van der Waals surface area (Å²) in [5.74, 6) is -0.809. The summed E-state index contributed by atoms with van der Waals surface area (Å²) in [6.07, 6.45) is 54.3. The maximum atomic E-state index is 12.8. The highest BCUT2D eigenvalue weighted by atomic mass is 31.2. The van der Waals surface area contributed by atoms with Crippen LogP contribution in [0.3, 0.4) is 0 Å². The first-order chi connectivity index (χ1) is 32.0. The van der Waals surface area contributed by atoms with Crippen LogP contribution in [0.15, 0.2) is 0 Å². The summed E-state index contributed by atoms with van der Waals surface area (Å²) in [5.41, 5.74) is 0. The van der Waals surface area contributed by atoms with Gasteiger partial charge in [0.1, 0.15) is 19.8 Å². The Labute approximate surface area is 410 Å². The molecule has 0 aliphatic heterocycles. The van der Waals surface area contributed by atoms with Gasteiger partial charge in [-0.1, -0.05) is 271 Å². The summed E-state index contributed by atoms with van der Waals surface area (Å²) < 4.78 is 34.2. The lowest BCUT2D eigenvalue weighted by Gasteiger charge is -2.28. The van der Waals surface area contributed by atoms with E-state index < -0.39 is 26.5 Å². The second-order valence-corrected chi connectivity index (χ2v) is 22.4. The highest BCUT2D eigenvalue weighted by molar-refractivity contribution is 7.45. The van der Waals surface area contributed by atoms with E-state index in [9.17, 15) is 19.0 Å². The molecule has 0 radical (unpaired) electrons. The minimum Gasteiger partial charge on any atom is -0.756 e. The Kier molecular flexibility index (Phi) is 48.3. The van der Waals surface area contributed by atoms with Crippen LogP contribution in [0.4, 0.5) is 0 Å². The van der Waals surface area contributed by atoms with Crippen molar-refractivity contribution in [3.8, 4) is 0 Å². The topological polar surface area (TPSA) is 111 Å². The van der Waals surface area contributed by atoms with Gasteiger partial charge >= 0.3 is 11.9 Å². The fourth-order valence-corrected chi connectivity index (χ4v) is 9.39. The standard InChI is InChI=1S/C56H112NO8P/c1-6-8-10-12-14-16-18-20-22-24-26-28-29-31-32-34-36-38-40-42-44-46-48-55(58)62-52-54(53-64-66(60,61)63-51-50-57(3,4)5)65-56(59)49-47-45-43-41-39-37-35-33-30-27-25-23-21-19-17-15-13-11-9-7-2/h54H,6-53H2,1-5H3/t54-/m1/s1. The fourth-order valence-electron chi connectivity index (χ4n) is 8.66. The molecule has 9 nitrogen and oxygen atoms in total. The predicted octanol–water partition coefficient (Wildman–Crippen LogP) is 16.9. The zero-order valence-electron chi connectivity index (χ0n) is 44.7. The lowest BCUT2D eigenvalue weighted by Crippen LogP contribution is -2.37. The SMILES string of the molecule is CCCCCCCCCCCCCCCCCCCCCCCCC(=O)OC[C@H](COP(=O)([O-])OCC[N+](C)(C)C)OC(=O)CCCCCCCCCCCCCCCCCCCCCC. The second-order valence-electron chi connectivity index (χ2n) is 21.0. The van der Waals surface area contributed by atoms with Gasteiger partial charge in [-0.3, -0.25) is 14.2 Å². The van der Waals surface area contributed by atoms with E-state index in [0.29, 0.717) is 17.4 Å². The van der Waals surface area contributed by atoms with Crippen molar-refractivity contribution in [2.75, 3.05) is 47.5 Å². The van der Waals surface area contributed by atoms with Gasteiger partial charge in [0, 0.05) is 12.8 Å². The van der Waals surface area contributed by atoms with E-state index in [0.717, 1.165) is 32.1 Å². The largest absolute Gasteiger partial charge is 0.756 e. The Bertz CT molecular complexity index is 1080. The van der Waals surface area contributed by atoms with E-state index in [-0.39, 0.29) is 32.0 Å². The number of likely N-dealkylation sites (N-methyl/N-ethyl adjacent to an activating group) is 1. The Balaban J connectivity index is 4.11. The van der Waals surface area contributed by atoms with Gasteiger partial charge in [0.05, 0.1) is 27.7 Å². The van der Waals surface area contributed by atoms with Gasteiger partial charge in [-0.25, -0.2) is 0 Å². The van der Waals surface area contributed by atoms with Crippen molar-refractivity contribution in [3.63, 3.8) is 0 Å². The molecular weight excluding hydrogens is 846 g/mol. The normalized spacial score (nSPS) is 13.2. The van der Waals surface area contributed by atoms with Gasteiger partial charge in [0.15, 0.2) is 6.10 Å². The van der Waals surface area contributed by atoms with Crippen molar-refractivity contribution in [1.82, 2.24) is 0 Å². The number of carbonyl (C=O) groups excluding carboxylic acids is 2. The van der Waals surface area contributed by atoms with Crippen molar-refractivity contribution >= 4 is 19.8 Å². The van der Waals surface area contributed by atoms with Gasteiger partial charge in [-0.15, -0.1) is 0 Å². The van der Waals surface area contributed by atoms with Crippen LogP contribution in [-0.2, 0) is 32.7 Å². The number of phosphoric ester groups is 1. The first-order valence-corrected chi connectivity index (χ1v) is 30.2. The van der Waals surface area contributed by atoms with Crippen LogP contribution in [0, 0.1) is 0 Å². The Morgan fingerprint density at radius 2 is 0.682 bits per heavy atom. The second kappa shape index (κ2) is 49.0. The minimum atomic E-state index is -4.63. The first-order valence-electron chi connectivity index (χ1n) is 28.7. The van der Waals surface area contributed by atoms with Crippen molar-refractivity contribution in [3.05, 3.63) is 0 Å². The number of carbonyl (C=O) groups is 2. The molecule has 0 saturated heterocycles. The number of hydrogen-bond acceptors (Lipinski definition) is 8. The zero-order valence-corrected chi connectivity index (χ0v) is 45.6. The van der Waals surface area contributed by atoms with Gasteiger partial charge < -0.3 is 27.9 Å². The summed E-state index contributed by atoms with van der Waals surface area (Å²) in [4.78, 5) is 37.8. The summed E-state index contributed by atoms with van der Waals surface area (Å²) in [5, 5.41) is 0. The van der Waals surface area contributed by atoms with Crippen LogP contribution in [0.25, 0.3) is 0 Å².